The number of aromatic nitrogens is 1. The van der Waals surface area contributed by atoms with Crippen molar-refractivity contribution in [3.8, 4) is 0 Å². The maximum atomic E-state index is 12.7. The summed E-state index contributed by atoms with van der Waals surface area (Å²) in [5.74, 6) is -0.797. The third-order valence-electron chi connectivity index (χ3n) is 4.16. The lowest BCUT2D eigenvalue weighted by atomic mass is 10.0. The van der Waals surface area contributed by atoms with Gasteiger partial charge in [-0.25, -0.2) is 9.78 Å². The van der Waals surface area contributed by atoms with Gasteiger partial charge in [0.15, 0.2) is 0 Å². The molecule has 1 aliphatic rings. The number of nitrogens with one attached hydrogen (secondary N) is 1. The van der Waals surface area contributed by atoms with Gasteiger partial charge < -0.3 is 15.3 Å². The van der Waals surface area contributed by atoms with Crippen molar-refractivity contribution >= 4 is 29.1 Å². The number of carboxylic acid groups (broad SMARTS) is 1. The van der Waals surface area contributed by atoms with Gasteiger partial charge in [0.2, 0.25) is 0 Å². The highest BCUT2D eigenvalue weighted by atomic mass is 35.5. The third-order valence-corrected chi connectivity index (χ3v) is 4.36. The highest BCUT2D eigenvalue weighted by Gasteiger charge is 2.33. The van der Waals surface area contributed by atoms with Crippen molar-refractivity contribution in [1.29, 1.82) is 0 Å². The second kappa shape index (κ2) is 6.68. The Hall–Kier alpha value is -2.48. The van der Waals surface area contributed by atoms with E-state index in [2.05, 4.69) is 10.3 Å². The molecule has 2 N–H and O–H groups in total. The van der Waals surface area contributed by atoms with Gasteiger partial charge in [-0.05, 0) is 36.8 Å². The standard InChI is InChI=1S/C17H15ClF3N3O2/c1-9-4-10(17(19,20)21)2-3-14(9)23-12-7-24(8-12)15-13(16(25)26)5-11(18)6-22-15/h2-6,12,23H,7-8H2,1H3,(H,25,26). The Balaban J connectivity index is 1.68. The number of alkyl halides is 3. The van der Waals surface area contributed by atoms with Gasteiger partial charge in [-0.1, -0.05) is 11.6 Å². The molecule has 3 rings (SSSR count). The van der Waals surface area contributed by atoms with E-state index >= 15 is 0 Å². The molecule has 1 saturated heterocycles. The molecule has 1 aliphatic heterocycles. The SMILES string of the molecule is Cc1cc(C(F)(F)F)ccc1NC1CN(c2ncc(Cl)cc2C(=O)O)C1. The van der Waals surface area contributed by atoms with Gasteiger partial charge in [0.25, 0.3) is 0 Å². The average Bonchev–Trinajstić information content (AvgIpc) is 2.51. The smallest absolute Gasteiger partial charge is 0.416 e. The maximum Gasteiger partial charge on any atom is 0.416 e. The molecule has 9 heteroatoms. The highest BCUT2D eigenvalue weighted by molar-refractivity contribution is 6.30. The van der Waals surface area contributed by atoms with Gasteiger partial charge in [0.05, 0.1) is 16.6 Å². The van der Waals surface area contributed by atoms with Crippen molar-refractivity contribution in [3.05, 3.63) is 52.2 Å². The molecule has 0 aliphatic carbocycles. The molecule has 0 atom stereocenters. The van der Waals surface area contributed by atoms with Crippen LogP contribution in [0.15, 0.2) is 30.5 Å². The van der Waals surface area contributed by atoms with E-state index in [1.165, 1.54) is 18.3 Å². The van der Waals surface area contributed by atoms with Crippen LogP contribution in [0.4, 0.5) is 24.7 Å². The van der Waals surface area contributed by atoms with Crippen LogP contribution in [0.25, 0.3) is 0 Å². The first-order chi connectivity index (χ1) is 12.1. The number of halogens is 4. The fraction of sp³-hybridized carbons (Fsp3) is 0.294. The van der Waals surface area contributed by atoms with Crippen LogP contribution in [0.5, 0.6) is 0 Å². The predicted molar refractivity (Wildman–Crippen MR) is 92.0 cm³/mol. The molecule has 0 spiro atoms. The first kappa shape index (κ1) is 18.3. The molecule has 2 heterocycles. The van der Waals surface area contributed by atoms with E-state index in [0.717, 1.165) is 12.1 Å². The normalized spacial score (nSPS) is 14.9. The fourth-order valence-corrected chi connectivity index (χ4v) is 2.96. The van der Waals surface area contributed by atoms with E-state index in [1.807, 2.05) is 0 Å². The molecule has 0 radical (unpaired) electrons. The molecule has 5 nitrogen and oxygen atoms in total. The van der Waals surface area contributed by atoms with Gasteiger partial charge in [-0.3, -0.25) is 0 Å². The Bertz CT molecular complexity index is 852. The average molecular weight is 386 g/mol. The fourth-order valence-electron chi connectivity index (χ4n) is 2.81. The van der Waals surface area contributed by atoms with Crippen molar-refractivity contribution in [2.45, 2.75) is 19.1 Å². The Morgan fingerprint density at radius 1 is 1.35 bits per heavy atom. The number of anilines is 2. The Labute approximate surface area is 152 Å². The summed E-state index contributed by atoms with van der Waals surface area (Å²) in [4.78, 5) is 17.2. The summed E-state index contributed by atoms with van der Waals surface area (Å²) >= 11 is 5.79. The minimum absolute atomic E-state index is 0.0154. The molecule has 138 valence electrons. The monoisotopic (exact) mass is 385 g/mol. The molecule has 0 bridgehead atoms. The second-order valence-corrected chi connectivity index (χ2v) is 6.54. The lowest BCUT2D eigenvalue weighted by Crippen LogP contribution is -2.55. The molecule has 1 aromatic heterocycles. The number of carboxylic acids is 1. The van der Waals surface area contributed by atoms with E-state index in [-0.39, 0.29) is 16.6 Å². The van der Waals surface area contributed by atoms with Crippen LogP contribution in [-0.2, 0) is 6.18 Å². The first-order valence-electron chi connectivity index (χ1n) is 7.73. The van der Waals surface area contributed by atoms with Crippen LogP contribution in [0.1, 0.15) is 21.5 Å². The largest absolute Gasteiger partial charge is 0.478 e. The van der Waals surface area contributed by atoms with Crippen molar-refractivity contribution < 1.29 is 23.1 Å². The zero-order valence-corrected chi connectivity index (χ0v) is 14.4. The minimum Gasteiger partial charge on any atom is -0.478 e. The number of aromatic carboxylic acids is 1. The van der Waals surface area contributed by atoms with Gasteiger partial charge in [-0.2, -0.15) is 13.2 Å². The third kappa shape index (κ3) is 3.70. The molecule has 1 aromatic carbocycles. The number of hydrogen-bond donors (Lipinski definition) is 2. The molecule has 2 aromatic rings. The second-order valence-electron chi connectivity index (χ2n) is 6.10. The summed E-state index contributed by atoms with van der Waals surface area (Å²) in [6.45, 7) is 2.57. The van der Waals surface area contributed by atoms with E-state index in [9.17, 15) is 23.1 Å². The van der Waals surface area contributed by atoms with Crippen molar-refractivity contribution in [2.24, 2.45) is 0 Å². The number of aryl methyl sites for hydroxylation is 1. The summed E-state index contributed by atoms with van der Waals surface area (Å²) in [6, 6.07) is 4.86. The number of hydrogen-bond acceptors (Lipinski definition) is 4. The quantitative estimate of drug-likeness (QED) is 0.830. The number of pyridine rings is 1. The molecule has 0 unspecified atom stereocenters. The summed E-state index contributed by atoms with van der Waals surface area (Å²) < 4.78 is 38.2. The maximum absolute atomic E-state index is 12.7. The molecule has 0 saturated carbocycles. The van der Waals surface area contributed by atoms with Crippen LogP contribution in [0.3, 0.4) is 0 Å². The Morgan fingerprint density at radius 2 is 2.04 bits per heavy atom. The van der Waals surface area contributed by atoms with E-state index in [0.29, 0.717) is 30.2 Å². The topological polar surface area (TPSA) is 65.5 Å². The molecular formula is C17H15ClF3N3O2. The van der Waals surface area contributed by atoms with Gasteiger partial charge >= 0.3 is 12.1 Å². The lowest BCUT2D eigenvalue weighted by Gasteiger charge is -2.41. The molecule has 1 fully saturated rings. The van der Waals surface area contributed by atoms with Crippen LogP contribution in [0.2, 0.25) is 5.02 Å². The van der Waals surface area contributed by atoms with Crippen molar-refractivity contribution in [3.63, 3.8) is 0 Å². The van der Waals surface area contributed by atoms with Gasteiger partial charge in [0, 0.05) is 25.0 Å². The molecule has 26 heavy (non-hydrogen) atoms. The summed E-state index contributed by atoms with van der Waals surface area (Å²) in [7, 11) is 0. The summed E-state index contributed by atoms with van der Waals surface area (Å²) in [5, 5.41) is 12.7. The number of rotatable bonds is 4. The van der Waals surface area contributed by atoms with Crippen LogP contribution in [0, 0.1) is 6.92 Å². The zero-order chi connectivity index (χ0) is 19.1. The first-order valence-corrected chi connectivity index (χ1v) is 8.11. The van der Waals surface area contributed by atoms with Crippen molar-refractivity contribution in [1.82, 2.24) is 4.98 Å². The highest BCUT2D eigenvalue weighted by Crippen LogP contribution is 2.32. The number of nitrogens with zero attached hydrogens (tertiary/aromatic N) is 2. The van der Waals surface area contributed by atoms with Gasteiger partial charge in [-0.15, -0.1) is 0 Å². The Morgan fingerprint density at radius 3 is 2.62 bits per heavy atom. The predicted octanol–water partition coefficient (Wildman–Crippen LogP) is 4.06. The molecule has 0 amide bonds. The Kier molecular flexibility index (Phi) is 4.70. The minimum atomic E-state index is -4.37. The lowest BCUT2D eigenvalue weighted by molar-refractivity contribution is -0.137. The zero-order valence-electron chi connectivity index (χ0n) is 13.6. The van der Waals surface area contributed by atoms with Crippen LogP contribution < -0.4 is 10.2 Å². The van der Waals surface area contributed by atoms with Crippen molar-refractivity contribution in [2.75, 3.05) is 23.3 Å². The van der Waals surface area contributed by atoms with E-state index in [1.54, 1.807) is 11.8 Å². The summed E-state index contributed by atoms with van der Waals surface area (Å²) in [5.41, 5.74) is 0.438. The van der Waals surface area contributed by atoms with E-state index < -0.39 is 17.7 Å². The number of carbonyl (C=O) groups is 1. The van der Waals surface area contributed by atoms with E-state index in [4.69, 9.17) is 11.6 Å². The van der Waals surface area contributed by atoms with Crippen LogP contribution >= 0.6 is 11.6 Å². The molecular weight excluding hydrogens is 371 g/mol. The van der Waals surface area contributed by atoms with Crippen LogP contribution in [-0.4, -0.2) is 35.2 Å². The van der Waals surface area contributed by atoms with Gasteiger partial charge in [0.1, 0.15) is 11.4 Å². The number of benzene rings is 1. The summed E-state index contributed by atoms with van der Waals surface area (Å²) in [6.07, 6.45) is -2.99.